The zero-order valence-corrected chi connectivity index (χ0v) is 7.70. The van der Waals surface area contributed by atoms with Crippen LogP contribution in [0.3, 0.4) is 0 Å². The first kappa shape index (κ1) is 9.58. The van der Waals surface area contributed by atoms with Crippen molar-refractivity contribution in [2.24, 2.45) is 0 Å². The average molecular weight is 180 g/mol. The number of aryl methyl sites for hydroxylation is 1. The highest BCUT2D eigenvalue weighted by Gasteiger charge is 2.05. The Hall–Kier alpha value is -1.51. The van der Waals surface area contributed by atoms with E-state index in [0.717, 1.165) is 12.0 Å². The van der Waals surface area contributed by atoms with E-state index in [1.807, 2.05) is 13.0 Å². The van der Waals surface area contributed by atoms with Gasteiger partial charge in [-0.05, 0) is 30.2 Å². The van der Waals surface area contributed by atoms with E-state index >= 15 is 0 Å². The van der Waals surface area contributed by atoms with E-state index in [4.69, 9.17) is 9.84 Å². The van der Waals surface area contributed by atoms with Crippen molar-refractivity contribution in [1.29, 1.82) is 0 Å². The van der Waals surface area contributed by atoms with Crippen LogP contribution in [-0.2, 0) is 6.42 Å². The Morgan fingerprint density at radius 1 is 1.46 bits per heavy atom. The summed E-state index contributed by atoms with van der Waals surface area (Å²) in [6.45, 7) is 1.97. The fourth-order valence-electron chi connectivity index (χ4n) is 1.11. The van der Waals surface area contributed by atoms with Crippen molar-refractivity contribution in [2.45, 2.75) is 13.3 Å². The summed E-state index contributed by atoms with van der Waals surface area (Å²) in [6.07, 6.45) is 0.803. The number of carboxylic acid groups (broad SMARTS) is 1. The number of aromatic carboxylic acids is 1. The van der Waals surface area contributed by atoms with Gasteiger partial charge >= 0.3 is 5.97 Å². The number of methoxy groups -OCH3 is 1. The van der Waals surface area contributed by atoms with Crippen LogP contribution in [0, 0.1) is 0 Å². The lowest BCUT2D eigenvalue weighted by molar-refractivity contribution is 0.0696. The van der Waals surface area contributed by atoms with Crippen LogP contribution in [0.2, 0.25) is 0 Å². The number of hydrogen-bond acceptors (Lipinski definition) is 2. The Morgan fingerprint density at radius 2 is 2.15 bits per heavy atom. The van der Waals surface area contributed by atoms with E-state index in [0.29, 0.717) is 5.75 Å². The zero-order valence-electron chi connectivity index (χ0n) is 7.70. The van der Waals surface area contributed by atoms with E-state index in [1.165, 1.54) is 13.2 Å². The molecular weight excluding hydrogens is 168 g/mol. The molecule has 0 aromatic heterocycles. The molecule has 70 valence electrons. The Kier molecular flexibility index (Phi) is 2.90. The van der Waals surface area contributed by atoms with Gasteiger partial charge in [-0.25, -0.2) is 4.79 Å². The Balaban J connectivity index is 3.14. The first-order valence-electron chi connectivity index (χ1n) is 4.08. The van der Waals surface area contributed by atoms with Gasteiger partial charge in [0, 0.05) is 0 Å². The molecule has 0 aliphatic carbocycles. The maximum atomic E-state index is 10.7. The molecule has 0 spiro atoms. The van der Waals surface area contributed by atoms with Gasteiger partial charge in [-0.15, -0.1) is 0 Å². The van der Waals surface area contributed by atoms with Crippen LogP contribution in [0.15, 0.2) is 18.2 Å². The summed E-state index contributed by atoms with van der Waals surface area (Å²) in [7, 11) is 1.53. The quantitative estimate of drug-likeness (QED) is 0.773. The maximum absolute atomic E-state index is 10.7. The Morgan fingerprint density at radius 3 is 2.62 bits per heavy atom. The summed E-state index contributed by atoms with van der Waals surface area (Å²) in [6, 6.07) is 5.01. The SMILES string of the molecule is CCc1cc(OC)cc(C(=O)O)c1. The van der Waals surface area contributed by atoms with E-state index < -0.39 is 5.97 Å². The second-order valence-corrected chi connectivity index (χ2v) is 2.73. The maximum Gasteiger partial charge on any atom is 0.335 e. The minimum atomic E-state index is -0.923. The summed E-state index contributed by atoms with van der Waals surface area (Å²) in [5.41, 5.74) is 1.24. The van der Waals surface area contributed by atoms with Crippen LogP contribution < -0.4 is 4.74 Å². The Bertz CT molecular complexity index is 296. The molecule has 0 unspecified atom stereocenters. The first-order valence-corrected chi connectivity index (χ1v) is 4.08. The first-order chi connectivity index (χ1) is 6.17. The lowest BCUT2D eigenvalue weighted by Crippen LogP contribution is -1.98. The molecule has 0 fully saturated rings. The molecule has 1 rings (SSSR count). The van der Waals surface area contributed by atoms with Gasteiger partial charge in [0.15, 0.2) is 0 Å². The molecule has 0 saturated carbocycles. The van der Waals surface area contributed by atoms with Crippen LogP contribution in [0.1, 0.15) is 22.8 Å². The van der Waals surface area contributed by atoms with Gasteiger partial charge in [0.05, 0.1) is 12.7 Å². The van der Waals surface area contributed by atoms with Gasteiger partial charge in [-0.2, -0.15) is 0 Å². The number of ether oxygens (including phenoxy) is 1. The molecule has 0 heterocycles. The molecule has 0 bridgehead atoms. The zero-order chi connectivity index (χ0) is 9.84. The van der Waals surface area contributed by atoms with E-state index in [1.54, 1.807) is 6.07 Å². The van der Waals surface area contributed by atoms with Crippen molar-refractivity contribution in [1.82, 2.24) is 0 Å². The summed E-state index contributed by atoms with van der Waals surface area (Å²) in [5.74, 6) is -0.328. The fourth-order valence-corrected chi connectivity index (χ4v) is 1.11. The second-order valence-electron chi connectivity index (χ2n) is 2.73. The third-order valence-electron chi connectivity index (χ3n) is 1.86. The molecule has 1 aromatic rings. The molecule has 0 saturated heterocycles. The molecule has 1 aromatic carbocycles. The van der Waals surface area contributed by atoms with E-state index in [2.05, 4.69) is 0 Å². The van der Waals surface area contributed by atoms with Gasteiger partial charge in [-0.1, -0.05) is 6.92 Å². The monoisotopic (exact) mass is 180 g/mol. The molecule has 3 nitrogen and oxygen atoms in total. The standard InChI is InChI=1S/C10H12O3/c1-3-7-4-8(10(11)12)6-9(5-7)13-2/h4-6H,3H2,1-2H3,(H,11,12). The van der Waals surface area contributed by atoms with Crippen LogP contribution in [-0.4, -0.2) is 18.2 Å². The highest BCUT2D eigenvalue weighted by molar-refractivity contribution is 5.88. The highest BCUT2D eigenvalue weighted by Crippen LogP contribution is 2.17. The summed E-state index contributed by atoms with van der Waals surface area (Å²) in [5, 5.41) is 8.77. The minimum Gasteiger partial charge on any atom is -0.497 e. The molecule has 0 atom stereocenters. The van der Waals surface area contributed by atoms with Crippen molar-refractivity contribution in [3.63, 3.8) is 0 Å². The topological polar surface area (TPSA) is 46.5 Å². The van der Waals surface area contributed by atoms with Crippen LogP contribution >= 0.6 is 0 Å². The van der Waals surface area contributed by atoms with Crippen molar-refractivity contribution >= 4 is 5.97 Å². The highest BCUT2D eigenvalue weighted by atomic mass is 16.5. The molecular formula is C10H12O3. The van der Waals surface area contributed by atoms with Crippen LogP contribution in [0.5, 0.6) is 5.75 Å². The van der Waals surface area contributed by atoms with Gasteiger partial charge in [0.1, 0.15) is 5.75 Å². The van der Waals surface area contributed by atoms with Crippen molar-refractivity contribution in [3.8, 4) is 5.75 Å². The number of benzene rings is 1. The summed E-state index contributed by atoms with van der Waals surface area (Å²) < 4.78 is 4.98. The third-order valence-corrected chi connectivity index (χ3v) is 1.86. The average Bonchev–Trinajstić information content (AvgIpc) is 2.16. The molecule has 13 heavy (non-hydrogen) atoms. The predicted octanol–water partition coefficient (Wildman–Crippen LogP) is 1.96. The largest absolute Gasteiger partial charge is 0.497 e. The molecule has 1 N–H and O–H groups in total. The molecule has 3 heteroatoms. The summed E-state index contributed by atoms with van der Waals surface area (Å²) >= 11 is 0. The lowest BCUT2D eigenvalue weighted by atomic mass is 10.1. The van der Waals surface area contributed by atoms with Gasteiger partial charge in [-0.3, -0.25) is 0 Å². The molecule has 0 aliphatic heterocycles. The number of carbonyl (C=O) groups is 1. The third kappa shape index (κ3) is 2.21. The minimum absolute atomic E-state index is 0.274. The Labute approximate surface area is 77.0 Å². The molecule has 0 amide bonds. The molecule has 0 radical (unpaired) electrons. The normalized spacial score (nSPS) is 9.69. The predicted molar refractivity (Wildman–Crippen MR) is 49.3 cm³/mol. The number of hydrogen-bond donors (Lipinski definition) is 1. The number of carboxylic acids is 1. The van der Waals surface area contributed by atoms with Gasteiger partial charge in [0.25, 0.3) is 0 Å². The van der Waals surface area contributed by atoms with Crippen LogP contribution in [0.4, 0.5) is 0 Å². The summed E-state index contributed by atoms with van der Waals surface area (Å²) in [4.78, 5) is 10.7. The lowest BCUT2D eigenvalue weighted by Gasteiger charge is -2.04. The van der Waals surface area contributed by atoms with Crippen LogP contribution in [0.25, 0.3) is 0 Å². The van der Waals surface area contributed by atoms with Crippen molar-refractivity contribution in [2.75, 3.05) is 7.11 Å². The van der Waals surface area contributed by atoms with Gasteiger partial charge in [0.2, 0.25) is 0 Å². The van der Waals surface area contributed by atoms with E-state index in [-0.39, 0.29) is 5.56 Å². The van der Waals surface area contributed by atoms with Gasteiger partial charge < -0.3 is 9.84 Å². The fraction of sp³-hybridized carbons (Fsp3) is 0.300. The second kappa shape index (κ2) is 3.94. The van der Waals surface area contributed by atoms with Crippen molar-refractivity contribution < 1.29 is 14.6 Å². The molecule has 0 aliphatic rings. The van der Waals surface area contributed by atoms with Crippen molar-refractivity contribution in [3.05, 3.63) is 29.3 Å². The smallest absolute Gasteiger partial charge is 0.335 e. The van der Waals surface area contributed by atoms with E-state index in [9.17, 15) is 4.79 Å². The number of rotatable bonds is 3.